The first kappa shape index (κ1) is 39.5. The van der Waals surface area contributed by atoms with Crippen LogP contribution in [-0.4, -0.2) is 118 Å². The number of carboxylic acid groups (broad SMARTS) is 1. The molecule has 2 aromatic heterocycles. The first-order valence-electron chi connectivity index (χ1n) is 18.9. The molecule has 1 aromatic carbocycles. The average molecular weight is 761 g/mol. The molecule has 0 radical (unpaired) electrons. The summed E-state index contributed by atoms with van der Waals surface area (Å²) < 4.78 is 15.4. The molecule has 0 saturated carbocycles. The number of carbonyl (C=O) groups excluding carboxylic acids is 3. The fourth-order valence-corrected chi connectivity index (χ4v) is 7.96. The van der Waals surface area contributed by atoms with Crippen LogP contribution in [0.4, 0.5) is 9.59 Å². The molecular weight excluding hydrogens is 708 g/mol. The minimum absolute atomic E-state index is 0.230. The standard InChI is InChI=1S/C39H52N8O8/c1-22(53-3)32(44-38(50)51)36(48)46-18-6-8-30(46)34-40-20-28(42-34)26-14-10-24(11-15-26)25-12-16-27(17-13-25)29-21-41-35(43-29)31-9-7-19-47(31)37(49)33(23(2)54-4)45-39(52)55-5/h10-11,14-16,20-23,25,30-33,44H,6-9,12-13,17-19H2,1-5H3,(H,40,42)(H,41,43)(H,45,52)(H,50,51)/t22-,23-,25?,30+,31+,32+,33+/m1/s1. The van der Waals surface area contributed by atoms with Gasteiger partial charge in [0.1, 0.15) is 23.7 Å². The number of likely N-dealkylation sites (tertiary alicyclic amines) is 2. The van der Waals surface area contributed by atoms with Crippen LogP contribution in [0.1, 0.15) is 99.7 Å². The van der Waals surface area contributed by atoms with E-state index in [0.717, 1.165) is 67.7 Å². The van der Waals surface area contributed by atoms with Gasteiger partial charge in [0.2, 0.25) is 11.8 Å². The Labute approximate surface area is 320 Å². The van der Waals surface area contributed by atoms with E-state index in [4.69, 9.17) is 24.2 Å². The second-order valence-corrected chi connectivity index (χ2v) is 14.5. The molecule has 16 nitrogen and oxygen atoms in total. The van der Waals surface area contributed by atoms with E-state index in [1.54, 1.807) is 23.6 Å². The van der Waals surface area contributed by atoms with Gasteiger partial charge < -0.3 is 49.7 Å². The van der Waals surface area contributed by atoms with Gasteiger partial charge in [-0.05, 0) is 75.8 Å². The summed E-state index contributed by atoms with van der Waals surface area (Å²) in [5.41, 5.74) is 5.04. The maximum atomic E-state index is 13.6. The van der Waals surface area contributed by atoms with E-state index in [9.17, 15) is 24.3 Å². The monoisotopic (exact) mass is 760 g/mol. The van der Waals surface area contributed by atoms with Crippen molar-refractivity contribution in [2.75, 3.05) is 34.4 Å². The van der Waals surface area contributed by atoms with Gasteiger partial charge in [0, 0.05) is 45.3 Å². The highest BCUT2D eigenvalue weighted by molar-refractivity contribution is 5.87. The number of carbonyl (C=O) groups is 4. The molecule has 4 heterocycles. The number of hydrogen-bond acceptors (Lipinski definition) is 9. The fourth-order valence-electron chi connectivity index (χ4n) is 7.96. The number of imidazole rings is 2. The van der Waals surface area contributed by atoms with Crippen LogP contribution in [0.25, 0.3) is 16.8 Å². The molecule has 3 aromatic rings. The lowest BCUT2D eigenvalue weighted by atomic mass is 9.83. The van der Waals surface area contributed by atoms with Crippen LogP contribution < -0.4 is 10.6 Å². The summed E-state index contributed by atoms with van der Waals surface area (Å²) in [7, 11) is 4.21. The van der Waals surface area contributed by atoms with Crippen molar-refractivity contribution in [2.24, 2.45) is 0 Å². The molecule has 16 heteroatoms. The van der Waals surface area contributed by atoms with Crippen molar-refractivity contribution in [3.05, 3.63) is 65.6 Å². The molecule has 0 bridgehead atoms. The highest BCUT2D eigenvalue weighted by Crippen LogP contribution is 2.38. The topological polar surface area (TPSA) is 204 Å². The van der Waals surface area contributed by atoms with E-state index in [1.165, 1.54) is 32.5 Å². The third-order valence-electron chi connectivity index (χ3n) is 11.3. The summed E-state index contributed by atoms with van der Waals surface area (Å²) in [5, 5.41) is 14.3. The number of aromatic amines is 2. The Balaban J connectivity index is 1.07. The van der Waals surface area contributed by atoms with E-state index in [0.29, 0.717) is 24.8 Å². The molecule has 7 atom stereocenters. The van der Waals surface area contributed by atoms with Crippen LogP contribution in [0.3, 0.4) is 0 Å². The highest BCUT2D eigenvalue weighted by Gasteiger charge is 2.40. The van der Waals surface area contributed by atoms with Gasteiger partial charge in [-0.25, -0.2) is 19.6 Å². The van der Waals surface area contributed by atoms with E-state index in [2.05, 4.69) is 50.9 Å². The van der Waals surface area contributed by atoms with Gasteiger partial charge in [0.05, 0.1) is 42.8 Å². The summed E-state index contributed by atoms with van der Waals surface area (Å²) in [6.45, 7) is 4.47. The molecular formula is C39H52N8O8. The SMILES string of the molecule is COC(=O)N[C@H](C(=O)N1CCC[C@H]1c1nc(C2=CCC(c3ccc(-c4c[nH]c([C@@H]5CCCN5C(=O)[C@@H](NC(=O)O)[C@@H](C)OC)n4)cc3)CC2)c[nH]1)[C@@H](C)OC. The van der Waals surface area contributed by atoms with Gasteiger partial charge in [0.15, 0.2) is 0 Å². The number of amides is 4. The molecule has 2 aliphatic heterocycles. The molecule has 5 N–H and O–H groups in total. The maximum absolute atomic E-state index is 13.6. The number of aromatic nitrogens is 4. The van der Waals surface area contributed by atoms with Crippen molar-refractivity contribution in [1.29, 1.82) is 0 Å². The Morgan fingerprint density at radius 2 is 1.35 bits per heavy atom. The van der Waals surface area contributed by atoms with E-state index >= 15 is 0 Å². The number of rotatable bonds is 13. The van der Waals surface area contributed by atoms with E-state index in [-0.39, 0.29) is 23.9 Å². The van der Waals surface area contributed by atoms with Crippen molar-refractivity contribution in [1.82, 2.24) is 40.4 Å². The smallest absolute Gasteiger partial charge is 0.407 e. The van der Waals surface area contributed by atoms with Gasteiger partial charge in [-0.1, -0.05) is 30.3 Å². The Bertz CT molecular complexity index is 1860. The summed E-state index contributed by atoms with van der Waals surface area (Å²) in [4.78, 5) is 70.3. The van der Waals surface area contributed by atoms with E-state index in [1.807, 2.05) is 12.4 Å². The van der Waals surface area contributed by atoms with Crippen molar-refractivity contribution in [3.63, 3.8) is 0 Å². The zero-order valence-electron chi connectivity index (χ0n) is 32.0. The number of ether oxygens (including phenoxy) is 3. The summed E-state index contributed by atoms with van der Waals surface area (Å²) >= 11 is 0. The minimum atomic E-state index is -1.28. The Morgan fingerprint density at radius 3 is 1.85 bits per heavy atom. The van der Waals surface area contributed by atoms with Gasteiger partial charge >= 0.3 is 12.2 Å². The number of nitrogens with zero attached hydrogens (tertiary/aromatic N) is 4. The van der Waals surface area contributed by atoms with Crippen LogP contribution in [0, 0.1) is 0 Å². The van der Waals surface area contributed by atoms with Crippen molar-refractivity contribution >= 4 is 29.6 Å². The molecule has 6 rings (SSSR count). The van der Waals surface area contributed by atoms with Crippen LogP contribution in [0.5, 0.6) is 0 Å². The van der Waals surface area contributed by atoms with Gasteiger partial charge in [0.25, 0.3) is 0 Å². The Kier molecular flexibility index (Phi) is 12.6. The van der Waals surface area contributed by atoms with Crippen LogP contribution in [0.2, 0.25) is 0 Å². The van der Waals surface area contributed by atoms with Crippen molar-refractivity contribution in [3.8, 4) is 11.3 Å². The maximum Gasteiger partial charge on any atom is 0.407 e. The Hall–Kier alpha value is -5.22. The van der Waals surface area contributed by atoms with Gasteiger partial charge in [-0.15, -0.1) is 0 Å². The van der Waals surface area contributed by atoms with Crippen molar-refractivity contribution in [2.45, 2.75) is 101 Å². The molecule has 2 saturated heterocycles. The lowest BCUT2D eigenvalue weighted by Gasteiger charge is -2.30. The Morgan fingerprint density at radius 1 is 0.800 bits per heavy atom. The predicted octanol–water partition coefficient (Wildman–Crippen LogP) is 4.91. The molecule has 55 heavy (non-hydrogen) atoms. The summed E-state index contributed by atoms with van der Waals surface area (Å²) in [6.07, 6.45) is 8.70. The molecule has 296 valence electrons. The summed E-state index contributed by atoms with van der Waals surface area (Å²) in [5.74, 6) is 1.20. The quantitative estimate of drug-likeness (QED) is 0.159. The van der Waals surface area contributed by atoms with Crippen LogP contribution in [-0.2, 0) is 23.8 Å². The number of allylic oxidation sites excluding steroid dienone is 2. The first-order chi connectivity index (χ1) is 26.5. The molecule has 0 spiro atoms. The largest absolute Gasteiger partial charge is 0.465 e. The van der Waals surface area contributed by atoms with Crippen molar-refractivity contribution < 1.29 is 38.5 Å². The zero-order chi connectivity index (χ0) is 39.2. The van der Waals surface area contributed by atoms with Crippen LogP contribution >= 0.6 is 0 Å². The minimum Gasteiger partial charge on any atom is -0.465 e. The van der Waals surface area contributed by atoms with Crippen LogP contribution in [0.15, 0.2) is 42.7 Å². The average Bonchev–Trinajstić information content (AvgIpc) is 4.05. The number of benzene rings is 1. The second kappa shape index (κ2) is 17.5. The summed E-state index contributed by atoms with van der Waals surface area (Å²) in [6, 6.07) is 6.03. The zero-order valence-corrected chi connectivity index (χ0v) is 32.0. The fraction of sp³-hybridized carbons (Fsp3) is 0.538. The highest BCUT2D eigenvalue weighted by atomic mass is 16.5. The third kappa shape index (κ3) is 8.70. The number of methoxy groups -OCH3 is 3. The predicted molar refractivity (Wildman–Crippen MR) is 202 cm³/mol. The molecule has 2 fully saturated rings. The molecule has 3 aliphatic rings. The molecule has 1 aliphatic carbocycles. The number of nitrogens with one attached hydrogen (secondary N) is 4. The molecule has 1 unspecified atom stereocenters. The lowest BCUT2D eigenvalue weighted by Crippen LogP contribution is -2.54. The normalized spacial score (nSPS) is 22.1. The number of alkyl carbamates (subject to hydrolysis) is 1. The first-order valence-corrected chi connectivity index (χ1v) is 18.9. The lowest BCUT2D eigenvalue weighted by molar-refractivity contribution is -0.138. The van der Waals surface area contributed by atoms with E-state index < -0.39 is 36.5 Å². The second-order valence-electron chi connectivity index (χ2n) is 14.5. The van der Waals surface area contributed by atoms with Gasteiger partial charge in [-0.2, -0.15) is 0 Å². The number of hydrogen-bond donors (Lipinski definition) is 5. The molecule has 4 amide bonds. The van der Waals surface area contributed by atoms with Gasteiger partial charge in [-0.3, -0.25) is 9.59 Å². The third-order valence-corrected chi connectivity index (χ3v) is 11.3. The number of H-pyrrole nitrogens is 2.